The number of hydrogen-bond acceptors (Lipinski definition) is 5. The summed E-state index contributed by atoms with van der Waals surface area (Å²) < 4.78 is 0. The quantitative estimate of drug-likeness (QED) is 0.577. The Labute approximate surface area is 152 Å². The zero-order valence-electron chi connectivity index (χ0n) is 14.8. The lowest BCUT2D eigenvalue weighted by molar-refractivity contribution is -0.127. The first-order valence-corrected chi connectivity index (χ1v) is 9.93. The highest BCUT2D eigenvalue weighted by Crippen LogP contribution is 2.19. The van der Waals surface area contributed by atoms with Gasteiger partial charge >= 0.3 is 0 Å². The third-order valence-corrected chi connectivity index (χ3v) is 5.52. The van der Waals surface area contributed by atoms with Crippen LogP contribution in [0.25, 0.3) is 0 Å². The molecule has 0 aliphatic rings. The molecule has 0 aliphatic carbocycles. The van der Waals surface area contributed by atoms with E-state index in [1.54, 1.807) is 16.7 Å². The SMILES string of the molecule is CSc1ccc(CN(C)C(=O)CSc2nc(C)c(C)c(C)n2)cc1. The number of aryl methyl sites for hydroxylation is 2. The van der Waals surface area contributed by atoms with E-state index in [1.807, 2.05) is 27.8 Å². The standard InChI is InChI=1S/C18H23N3OS2/c1-12-13(2)19-18(20-14(12)3)24-11-17(22)21(4)10-15-6-8-16(23-5)9-7-15/h6-9H,10-11H2,1-5H3. The lowest BCUT2D eigenvalue weighted by atomic mass is 10.2. The molecule has 1 heterocycles. The summed E-state index contributed by atoms with van der Waals surface area (Å²) in [7, 11) is 1.83. The summed E-state index contributed by atoms with van der Waals surface area (Å²) >= 11 is 3.11. The summed E-state index contributed by atoms with van der Waals surface area (Å²) in [5.41, 5.74) is 4.18. The third kappa shape index (κ3) is 4.98. The van der Waals surface area contributed by atoms with E-state index in [9.17, 15) is 4.79 Å². The first-order chi connectivity index (χ1) is 11.4. The summed E-state index contributed by atoms with van der Waals surface area (Å²) in [6.07, 6.45) is 2.05. The molecule has 0 saturated carbocycles. The third-order valence-electron chi connectivity index (χ3n) is 3.94. The van der Waals surface area contributed by atoms with Crippen LogP contribution in [0, 0.1) is 20.8 Å². The average molecular weight is 362 g/mol. The van der Waals surface area contributed by atoms with E-state index in [2.05, 4.69) is 40.5 Å². The summed E-state index contributed by atoms with van der Waals surface area (Å²) in [4.78, 5) is 24.2. The van der Waals surface area contributed by atoms with Crippen LogP contribution >= 0.6 is 23.5 Å². The van der Waals surface area contributed by atoms with Gasteiger partial charge in [0, 0.05) is 29.9 Å². The lowest BCUT2D eigenvalue weighted by Crippen LogP contribution is -2.27. The molecule has 0 spiro atoms. The Morgan fingerprint density at radius 1 is 1.08 bits per heavy atom. The molecule has 0 atom stereocenters. The van der Waals surface area contributed by atoms with Gasteiger partial charge in [-0.25, -0.2) is 9.97 Å². The number of hydrogen-bond donors (Lipinski definition) is 0. The summed E-state index contributed by atoms with van der Waals surface area (Å²) in [6, 6.07) is 8.30. The monoisotopic (exact) mass is 361 g/mol. The second kappa shape index (κ2) is 8.53. The van der Waals surface area contributed by atoms with Gasteiger partial charge in [0.15, 0.2) is 5.16 Å². The second-order valence-electron chi connectivity index (χ2n) is 5.69. The van der Waals surface area contributed by atoms with Crippen molar-refractivity contribution < 1.29 is 4.79 Å². The maximum absolute atomic E-state index is 12.3. The van der Waals surface area contributed by atoms with Crippen LogP contribution in [0.4, 0.5) is 0 Å². The van der Waals surface area contributed by atoms with E-state index in [0.29, 0.717) is 17.5 Å². The Balaban J connectivity index is 1.91. The molecule has 0 bridgehead atoms. The van der Waals surface area contributed by atoms with Crippen LogP contribution in [0.5, 0.6) is 0 Å². The van der Waals surface area contributed by atoms with Crippen molar-refractivity contribution >= 4 is 29.4 Å². The molecule has 1 amide bonds. The maximum atomic E-state index is 12.3. The van der Waals surface area contributed by atoms with Crippen molar-refractivity contribution in [1.29, 1.82) is 0 Å². The summed E-state index contributed by atoms with van der Waals surface area (Å²) in [5, 5.41) is 0.668. The molecule has 0 unspecified atom stereocenters. The molecule has 128 valence electrons. The van der Waals surface area contributed by atoms with Gasteiger partial charge in [0.05, 0.1) is 5.75 Å². The minimum atomic E-state index is 0.0772. The zero-order chi connectivity index (χ0) is 17.7. The molecule has 2 rings (SSSR count). The minimum absolute atomic E-state index is 0.0772. The van der Waals surface area contributed by atoms with Crippen molar-refractivity contribution in [2.75, 3.05) is 19.1 Å². The first-order valence-electron chi connectivity index (χ1n) is 7.72. The smallest absolute Gasteiger partial charge is 0.233 e. The molecule has 1 aromatic heterocycles. The number of thioether (sulfide) groups is 2. The molecule has 0 radical (unpaired) electrons. The van der Waals surface area contributed by atoms with Gasteiger partial charge in [-0.2, -0.15) is 0 Å². The van der Waals surface area contributed by atoms with Gasteiger partial charge in [0.2, 0.25) is 5.91 Å². The summed E-state index contributed by atoms with van der Waals surface area (Å²) in [5.74, 6) is 0.426. The van der Waals surface area contributed by atoms with Crippen molar-refractivity contribution in [3.8, 4) is 0 Å². The number of nitrogens with zero attached hydrogens (tertiary/aromatic N) is 3. The van der Waals surface area contributed by atoms with Gasteiger partial charge in [-0.15, -0.1) is 11.8 Å². The normalized spacial score (nSPS) is 10.7. The van der Waals surface area contributed by atoms with E-state index >= 15 is 0 Å². The van der Waals surface area contributed by atoms with Crippen LogP contribution in [0.15, 0.2) is 34.3 Å². The Kier molecular flexibility index (Phi) is 6.69. The van der Waals surface area contributed by atoms with Crippen LogP contribution in [-0.2, 0) is 11.3 Å². The number of carbonyl (C=O) groups excluding carboxylic acids is 1. The number of amides is 1. The number of benzene rings is 1. The fourth-order valence-corrected chi connectivity index (χ4v) is 3.42. The van der Waals surface area contributed by atoms with E-state index < -0.39 is 0 Å². The molecule has 0 N–H and O–H groups in total. The van der Waals surface area contributed by atoms with Crippen molar-refractivity contribution in [3.05, 3.63) is 46.8 Å². The molecule has 6 heteroatoms. The van der Waals surface area contributed by atoms with Gasteiger partial charge in [-0.05, 0) is 50.3 Å². The predicted octanol–water partition coefficient (Wildman–Crippen LogP) is 3.87. The lowest BCUT2D eigenvalue weighted by Gasteiger charge is -2.17. The molecule has 24 heavy (non-hydrogen) atoms. The molecule has 0 aliphatic heterocycles. The highest BCUT2D eigenvalue weighted by Gasteiger charge is 2.12. The van der Waals surface area contributed by atoms with Crippen LogP contribution in [-0.4, -0.2) is 39.8 Å². The molecule has 2 aromatic rings. The van der Waals surface area contributed by atoms with Crippen LogP contribution in [0.3, 0.4) is 0 Å². The second-order valence-corrected chi connectivity index (χ2v) is 7.51. The van der Waals surface area contributed by atoms with Gasteiger partial charge in [-0.3, -0.25) is 4.79 Å². The molecule has 0 saturated heterocycles. The number of rotatable bonds is 6. The Hall–Kier alpha value is -1.53. The van der Waals surface area contributed by atoms with E-state index in [1.165, 1.54) is 16.7 Å². The minimum Gasteiger partial charge on any atom is -0.341 e. The number of aromatic nitrogens is 2. The van der Waals surface area contributed by atoms with Crippen LogP contribution < -0.4 is 0 Å². The molecule has 1 aromatic carbocycles. The zero-order valence-corrected chi connectivity index (χ0v) is 16.4. The van der Waals surface area contributed by atoms with E-state index in [0.717, 1.165) is 22.5 Å². The number of carbonyl (C=O) groups is 1. The molecule has 4 nitrogen and oxygen atoms in total. The van der Waals surface area contributed by atoms with Crippen molar-refractivity contribution in [1.82, 2.24) is 14.9 Å². The fourth-order valence-electron chi connectivity index (χ4n) is 2.14. The van der Waals surface area contributed by atoms with Gasteiger partial charge in [0.25, 0.3) is 0 Å². The Morgan fingerprint density at radius 3 is 2.21 bits per heavy atom. The first kappa shape index (κ1) is 18.8. The fraction of sp³-hybridized carbons (Fsp3) is 0.389. The van der Waals surface area contributed by atoms with Gasteiger partial charge in [-0.1, -0.05) is 23.9 Å². The molecular formula is C18H23N3OS2. The maximum Gasteiger partial charge on any atom is 0.233 e. The molecular weight excluding hydrogens is 338 g/mol. The van der Waals surface area contributed by atoms with Gasteiger partial charge in [0.1, 0.15) is 0 Å². The summed E-state index contributed by atoms with van der Waals surface area (Å²) in [6.45, 7) is 6.57. The predicted molar refractivity (Wildman–Crippen MR) is 102 cm³/mol. The van der Waals surface area contributed by atoms with E-state index in [-0.39, 0.29) is 5.91 Å². The Bertz CT molecular complexity index is 694. The largest absolute Gasteiger partial charge is 0.341 e. The Morgan fingerprint density at radius 2 is 1.67 bits per heavy atom. The van der Waals surface area contributed by atoms with Crippen molar-refractivity contribution in [2.45, 2.75) is 37.4 Å². The van der Waals surface area contributed by atoms with Crippen molar-refractivity contribution in [2.24, 2.45) is 0 Å². The average Bonchev–Trinajstić information content (AvgIpc) is 2.58. The highest BCUT2D eigenvalue weighted by atomic mass is 32.2. The van der Waals surface area contributed by atoms with Gasteiger partial charge < -0.3 is 4.90 Å². The van der Waals surface area contributed by atoms with E-state index in [4.69, 9.17) is 0 Å². The van der Waals surface area contributed by atoms with Crippen LogP contribution in [0.1, 0.15) is 22.5 Å². The van der Waals surface area contributed by atoms with Crippen LogP contribution in [0.2, 0.25) is 0 Å². The topological polar surface area (TPSA) is 46.1 Å². The molecule has 0 fully saturated rings. The van der Waals surface area contributed by atoms with Crippen molar-refractivity contribution in [3.63, 3.8) is 0 Å². The highest BCUT2D eigenvalue weighted by molar-refractivity contribution is 7.99.